The van der Waals surface area contributed by atoms with Gasteiger partial charge in [-0.25, -0.2) is 0 Å². The van der Waals surface area contributed by atoms with Gasteiger partial charge in [0.1, 0.15) is 0 Å². The molecular weight excluding hydrogens is 504 g/mol. The summed E-state index contributed by atoms with van der Waals surface area (Å²) in [5.41, 5.74) is 11.4. The second-order valence-corrected chi connectivity index (χ2v) is 12.1. The third kappa shape index (κ3) is 4.41. The summed E-state index contributed by atoms with van der Waals surface area (Å²) in [4.78, 5) is 0. The van der Waals surface area contributed by atoms with E-state index < -0.39 is 0 Å². The molecule has 42 heavy (non-hydrogen) atoms. The SMILES string of the molecule is CC(C)(C)c1cccc2c(-c3ccccc3-c3ccccc3)c3ccccc3c(-c3ccccc3-c3ccccc3)c12. The summed E-state index contributed by atoms with van der Waals surface area (Å²) in [6.07, 6.45) is 0. The first kappa shape index (κ1) is 26.0. The quantitative estimate of drug-likeness (QED) is 0.196. The fraction of sp³-hybridized carbons (Fsp3) is 0.0952. The molecule has 7 aromatic carbocycles. The molecule has 0 saturated heterocycles. The van der Waals surface area contributed by atoms with Crippen LogP contribution in [-0.4, -0.2) is 0 Å². The molecule has 0 fully saturated rings. The third-order valence-electron chi connectivity index (χ3n) is 8.42. The van der Waals surface area contributed by atoms with Crippen molar-refractivity contribution in [1.29, 1.82) is 0 Å². The zero-order valence-corrected chi connectivity index (χ0v) is 24.4. The molecule has 0 amide bonds. The molecular formula is C42H34. The van der Waals surface area contributed by atoms with Gasteiger partial charge in [-0.15, -0.1) is 0 Å². The second kappa shape index (κ2) is 10.5. The van der Waals surface area contributed by atoms with E-state index in [4.69, 9.17) is 0 Å². The van der Waals surface area contributed by atoms with E-state index in [2.05, 4.69) is 172 Å². The Balaban J connectivity index is 1.69. The highest BCUT2D eigenvalue weighted by atomic mass is 14.3. The predicted octanol–water partition coefficient (Wildman–Crippen LogP) is 12.0. The molecule has 0 N–H and O–H groups in total. The minimum absolute atomic E-state index is 0.0470. The van der Waals surface area contributed by atoms with Crippen LogP contribution in [0.15, 0.2) is 152 Å². The lowest BCUT2D eigenvalue weighted by Crippen LogP contribution is -2.12. The average molecular weight is 539 g/mol. The van der Waals surface area contributed by atoms with E-state index in [0.29, 0.717) is 0 Å². The number of hydrogen-bond acceptors (Lipinski definition) is 0. The van der Waals surface area contributed by atoms with Crippen molar-refractivity contribution in [2.24, 2.45) is 0 Å². The maximum absolute atomic E-state index is 2.34. The van der Waals surface area contributed by atoms with Gasteiger partial charge in [-0.3, -0.25) is 0 Å². The van der Waals surface area contributed by atoms with Crippen LogP contribution in [0.1, 0.15) is 26.3 Å². The minimum atomic E-state index is -0.0470. The van der Waals surface area contributed by atoms with Gasteiger partial charge in [-0.2, -0.15) is 0 Å². The molecule has 0 heterocycles. The van der Waals surface area contributed by atoms with Crippen LogP contribution in [0.3, 0.4) is 0 Å². The highest BCUT2D eigenvalue weighted by molar-refractivity contribution is 6.24. The third-order valence-corrected chi connectivity index (χ3v) is 8.42. The number of benzene rings is 7. The standard InChI is InChI=1S/C42H34/c1-42(2,3)38-28-16-27-37-39(33-23-12-10-21-31(33)29-17-6-4-7-18-29)35-25-14-15-26-36(35)40(41(37)38)34-24-13-11-22-32(34)30-19-8-5-9-20-30/h4-28H,1-3H3. The minimum Gasteiger partial charge on any atom is -0.0622 e. The largest absolute Gasteiger partial charge is 0.0622 e. The van der Waals surface area contributed by atoms with E-state index in [-0.39, 0.29) is 5.41 Å². The second-order valence-electron chi connectivity index (χ2n) is 12.1. The van der Waals surface area contributed by atoms with Crippen molar-refractivity contribution in [3.05, 3.63) is 157 Å². The van der Waals surface area contributed by atoms with Crippen LogP contribution in [0.2, 0.25) is 0 Å². The van der Waals surface area contributed by atoms with Crippen LogP contribution in [0.25, 0.3) is 66.1 Å². The molecule has 0 spiro atoms. The van der Waals surface area contributed by atoms with Gasteiger partial charge in [0.25, 0.3) is 0 Å². The summed E-state index contributed by atoms with van der Waals surface area (Å²) in [5.74, 6) is 0. The van der Waals surface area contributed by atoms with Crippen molar-refractivity contribution in [1.82, 2.24) is 0 Å². The van der Waals surface area contributed by atoms with Gasteiger partial charge < -0.3 is 0 Å². The number of rotatable bonds is 4. The molecule has 0 aromatic heterocycles. The van der Waals surface area contributed by atoms with Gasteiger partial charge in [-0.1, -0.05) is 172 Å². The molecule has 0 atom stereocenters. The van der Waals surface area contributed by atoms with Crippen molar-refractivity contribution in [3.63, 3.8) is 0 Å². The van der Waals surface area contributed by atoms with Gasteiger partial charge in [0.2, 0.25) is 0 Å². The molecule has 0 nitrogen and oxygen atoms in total. The van der Waals surface area contributed by atoms with E-state index >= 15 is 0 Å². The van der Waals surface area contributed by atoms with Crippen LogP contribution >= 0.6 is 0 Å². The van der Waals surface area contributed by atoms with Crippen LogP contribution in [0.4, 0.5) is 0 Å². The van der Waals surface area contributed by atoms with Gasteiger partial charge in [0.05, 0.1) is 0 Å². The summed E-state index contributed by atoms with van der Waals surface area (Å²) >= 11 is 0. The van der Waals surface area contributed by atoms with E-state index in [1.165, 1.54) is 71.6 Å². The predicted molar refractivity (Wildman–Crippen MR) is 182 cm³/mol. The van der Waals surface area contributed by atoms with E-state index in [0.717, 1.165) is 0 Å². The number of hydrogen-bond donors (Lipinski definition) is 0. The molecule has 0 radical (unpaired) electrons. The van der Waals surface area contributed by atoms with Crippen molar-refractivity contribution in [2.45, 2.75) is 26.2 Å². The number of fused-ring (bicyclic) bond motifs is 2. The molecule has 7 rings (SSSR count). The molecule has 7 aromatic rings. The fourth-order valence-corrected chi connectivity index (χ4v) is 6.56. The first-order valence-electron chi connectivity index (χ1n) is 14.8. The summed E-state index contributed by atoms with van der Waals surface area (Å²) in [7, 11) is 0. The molecule has 0 aliphatic heterocycles. The Kier molecular flexibility index (Phi) is 6.48. The Bertz CT molecular complexity index is 2040. The van der Waals surface area contributed by atoms with Crippen LogP contribution < -0.4 is 0 Å². The zero-order chi connectivity index (χ0) is 28.7. The van der Waals surface area contributed by atoms with E-state index in [9.17, 15) is 0 Å². The topological polar surface area (TPSA) is 0 Å². The maximum atomic E-state index is 2.34. The average Bonchev–Trinajstić information content (AvgIpc) is 3.04. The molecule has 0 aliphatic carbocycles. The van der Waals surface area contributed by atoms with Gasteiger partial charge in [0.15, 0.2) is 0 Å². The van der Waals surface area contributed by atoms with E-state index in [1.54, 1.807) is 0 Å². The van der Waals surface area contributed by atoms with Gasteiger partial charge in [-0.05, 0) is 77.0 Å². The Morgan fingerprint density at radius 3 is 1.26 bits per heavy atom. The fourth-order valence-electron chi connectivity index (χ4n) is 6.56. The van der Waals surface area contributed by atoms with Gasteiger partial charge >= 0.3 is 0 Å². The van der Waals surface area contributed by atoms with Crippen LogP contribution in [0, 0.1) is 0 Å². The molecule has 202 valence electrons. The summed E-state index contributed by atoms with van der Waals surface area (Å²) in [6.45, 7) is 7.00. The molecule has 0 aliphatic rings. The Morgan fingerprint density at radius 1 is 0.333 bits per heavy atom. The first-order valence-corrected chi connectivity index (χ1v) is 14.8. The highest BCUT2D eigenvalue weighted by Gasteiger charge is 2.25. The Morgan fingerprint density at radius 2 is 0.738 bits per heavy atom. The van der Waals surface area contributed by atoms with Gasteiger partial charge in [0, 0.05) is 0 Å². The molecule has 0 heteroatoms. The van der Waals surface area contributed by atoms with Crippen LogP contribution in [-0.2, 0) is 5.41 Å². The maximum Gasteiger partial charge on any atom is -0.00172 e. The highest BCUT2D eigenvalue weighted by Crippen LogP contribution is 2.50. The summed E-state index contributed by atoms with van der Waals surface area (Å²) in [5, 5.41) is 5.19. The molecule has 0 saturated carbocycles. The summed E-state index contributed by atoms with van der Waals surface area (Å²) < 4.78 is 0. The molecule has 0 bridgehead atoms. The Labute approximate surface area is 248 Å². The lowest BCUT2D eigenvalue weighted by molar-refractivity contribution is 0.596. The molecule has 0 unspecified atom stereocenters. The normalized spacial score (nSPS) is 11.7. The van der Waals surface area contributed by atoms with Crippen molar-refractivity contribution in [3.8, 4) is 44.5 Å². The smallest absolute Gasteiger partial charge is 0.00172 e. The van der Waals surface area contributed by atoms with Crippen molar-refractivity contribution in [2.75, 3.05) is 0 Å². The first-order chi connectivity index (χ1) is 20.5. The van der Waals surface area contributed by atoms with Crippen molar-refractivity contribution >= 4 is 21.5 Å². The monoisotopic (exact) mass is 538 g/mol. The van der Waals surface area contributed by atoms with E-state index in [1.807, 2.05) is 0 Å². The Hall–Kier alpha value is -4.94. The van der Waals surface area contributed by atoms with Crippen molar-refractivity contribution < 1.29 is 0 Å². The zero-order valence-electron chi connectivity index (χ0n) is 24.4. The summed E-state index contributed by atoms with van der Waals surface area (Å²) in [6, 6.07) is 55.3. The van der Waals surface area contributed by atoms with Crippen LogP contribution in [0.5, 0.6) is 0 Å². The lowest BCUT2D eigenvalue weighted by Gasteiger charge is -2.27. The lowest BCUT2D eigenvalue weighted by atomic mass is 9.76.